The Morgan fingerprint density at radius 2 is 2.00 bits per heavy atom. The van der Waals surface area contributed by atoms with Crippen molar-refractivity contribution in [1.29, 1.82) is 0 Å². The summed E-state index contributed by atoms with van der Waals surface area (Å²) in [6.45, 7) is 0. The number of hydrazone groups is 1. The quantitative estimate of drug-likeness (QED) is 0.579. The average Bonchev–Trinajstić information content (AvgIpc) is 2.49. The van der Waals surface area contributed by atoms with Crippen molar-refractivity contribution in [2.45, 2.75) is 0 Å². The van der Waals surface area contributed by atoms with Gasteiger partial charge in [0, 0.05) is 5.56 Å². The van der Waals surface area contributed by atoms with Crippen LogP contribution in [0.5, 0.6) is 0 Å². The Labute approximate surface area is 93.1 Å². The van der Waals surface area contributed by atoms with Crippen molar-refractivity contribution in [1.82, 2.24) is 5.43 Å². The molecule has 0 aromatic rings. The van der Waals surface area contributed by atoms with E-state index in [2.05, 4.69) is 10.5 Å². The van der Waals surface area contributed by atoms with E-state index < -0.39 is 6.03 Å². The highest BCUT2D eigenvalue weighted by atomic mass is 16.2. The Morgan fingerprint density at radius 3 is 2.81 bits per heavy atom. The molecule has 0 spiro atoms. The van der Waals surface area contributed by atoms with E-state index >= 15 is 0 Å². The minimum Gasteiger partial charge on any atom is -0.350 e. The van der Waals surface area contributed by atoms with Crippen molar-refractivity contribution < 1.29 is 4.79 Å². The summed E-state index contributed by atoms with van der Waals surface area (Å²) in [6, 6.07) is 13.2. The summed E-state index contributed by atoms with van der Waals surface area (Å²) in [4.78, 5) is 10.4. The van der Waals surface area contributed by atoms with E-state index in [0.29, 0.717) is 0 Å². The Kier molecular flexibility index (Phi) is 2.82. The number of carbonyl (C=O) groups excluding carboxylic acids is 1. The molecule has 16 heavy (non-hydrogen) atoms. The van der Waals surface area contributed by atoms with Crippen LogP contribution >= 0.6 is 0 Å². The molecule has 80 valence electrons. The molecule has 0 saturated carbocycles. The molecule has 0 unspecified atom stereocenters. The second-order valence-corrected chi connectivity index (χ2v) is 3.30. The molecule has 2 rings (SSSR count). The number of nitrogens with zero attached hydrogens (tertiary/aromatic N) is 1. The molecule has 0 aromatic carbocycles. The maximum absolute atomic E-state index is 10.4. The highest BCUT2D eigenvalue weighted by Gasteiger charge is 2.04. The normalized spacial score (nSPS) is 10.8. The first-order valence-electron chi connectivity index (χ1n) is 4.83. The van der Waals surface area contributed by atoms with Crippen LogP contribution in [-0.4, -0.2) is 12.2 Å². The largest absolute Gasteiger partial charge is 0.350 e. The molecule has 2 aliphatic carbocycles. The third-order valence-corrected chi connectivity index (χ3v) is 2.20. The van der Waals surface area contributed by atoms with Crippen LogP contribution in [0.2, 0.25) is 0 Å². The van der Waals surface area contributed by atoms with Gasteiger partial charge < -0.3 is 5.73 Å². The molecule has 3 N–H and O–H groups in total. The van der Waals surface area contributed by atoms with Crippen LogP contribution in [0.3, 0.4) is 0 Å². The third kappa shape index (κ3) is 2.17. The minimum atomic E-state index is -0.669. The first-order valence-corrected chi connectivity index (χ1v) is 4.83. The van der Waals surface area contributed by atoms with Gasteiger partial charge in [0.1, 0.15) is 0 Å². The summed E-state index contributed by atoms with van der Waals surface area (Å²) in [7, 11) is 0. The van der Waals surface area contributed by atoms with Gasteiger partial charge in [-0.2, -0.15) is 5.10 Å². The maximum atomic E-state index is 10.4. The molecule has 0 atom stereocenters. The Hall–Kier alpha value is -2.36. The minimum absolute atomic E-state index is 0.669. The fourth-order valence-corrected chi connectivity index (χ4v) is 1.52. The lowest BCUT2D eigenvalue weighted by atomic mass is 10.1. The zero-order chi connectivity index (χ0) is 11.4. The maximum Gasteiger partial charge on any atom is 0.332 e. The Bertz CT molecular complexity index is 508. The van der Waals surface area contributed by atoms with Gasteiger partial charge in [-0.1, -0.05) is 42.5 Å². The van der Waals surface area contributed by atoms with Gasteiger partial charge in [-0.15, -0.1) is 0 Å². The first-order chi connectivity index (χ1) is 7.77. The lowest BCUT2D eigenvalue weighted by Gasteiger charge is -1.95. The molecular weight excluding hydrogens is 202 g/mol. The number of nitrogens with two attached hydrogens (primary N) is 1. The van der Waals surface area contributed by atoms with Crippen LogP contribution < -0.4 is 11.2 Å². The summed E-state index contributed by atoms with van der Waals surface area (Å²) in [5.41, 5.74) is 10.2. The lowest BCUT2D eigenvalue weighted by Crippen LogP contribution is -2.24. The molecule has 0 radical (unpaired) electrons. The lowest BCUT2D eigenvalue weighted by molar-refractivity contribution is 0.249. The fraction of sp³-hybridized carbons (Fsp3) is 0. The second kappa shape index (κ2) is 4.44. The fourth-order valence-electron chi connectivity index (χ4n) is 1.52. The third-order valence-electron chi connectivity index (χ3n) is 2.20. The monoisotopic (exact) mass is 213 g/mol. The molecule has 2 aliphatic rings. The molecule has 0 fully saturated rings. The van der Waals surface area contributed by atoms with E-state index in [1.807, 2.05) is 42.5 Å². The summed E-state index contributed by atoms with van der Waals surface area (Å²) in [5, 5.41) is 3.73. The van der Waals surface area contributed by atoms with E-state index in [9.17, 15) is 4.79 Å². The van der Waals surface area contributed by atoms with E-state index in [0.717, 1.165) is 16.7 Å². The van der Waals surface area contributed by atoms with Gasteiger partial charge in [0.05, 0.1) is 6.21 Å². The number of hydrogen-bond donors (Lipinski definition) is 2. The van der Waals surface area contributed by atoms with Gasteiger partial charge in [0.15, 0.2) is 0 Å². The molecule has 0 aliphatic heterocycles. The number of rotatable bonds is 2. The zero-order valence-corrected chi connectivity index (χ0v) is 8.55. The van der Waals surface area contributed by atoms with E-state index in [4.69, 9.17) is 5.73 Å². The average molecular weight is 213 g/mol. The number of primary amides is 1. The molecule has 0 bridgehead atoms. The molecule has 4 heteroatoms. The molecule has 0 aromatic heterocycles. The highest BCUT2D eigenvalue weighted by molar-refractivity contribution is 5.92. The number of urea groups is 1. The van der Waals surface area contributed by atoms with Gasteiger partial charge in [-0.25, -0.2) is 10.2 Å². The smallest absolute Gasteiger partial charge is 0.332 e. The highest BCUT2D eigenvalue weighted by Crippen LogP contribution is 2.25. The van der Waals surface area contributed by atoms with Crippen LogP contribution in [0, 0.1) is 0 Å². The summed E-state index contributed by atoms with van der Waals surface area (Å²) in [5.74, 6) is 0. The SMILES string of the molecule is NC(=O)NN=Cc1ccc2cccccc1-2. The van der Waals surface area contributed by atoms with Crippen molar-refractivity contribution >= 4 is 12.2 Å². The number of fused-ring (bicyclic) bond motifs is 1. The van der Waals surface area contributed by atoms with E-state index in [1.54, 1.807) is 6.21 Å². The standard InChI is InChI=1S/C12H11N3O/c13-12(16)15-14-8-10-7-6-9-4-2-1-3-5-11(9)10/h1-8H,(H3,13,15,16). The molecule has 4 nitrogen and oxygen atoms in total. The van der Waals surface area contributed by atoms with Crippen molar-refractivity contribution in [2.75, 3.05) is 0 Å². The topological polar surface area (TPSA) is 67.5 Å². The van der Waals surface area contributed by atoms with E-state index in [-0.39, 0.29) is 0 Å². The van der Waals surface area contributed by atoms with E-state index in [1.165, 1.54) is 0 Å². The van der Waals surface area contributed by atoms with Gasteiger partial charge >= 0.3 is 6.03 Å². The van der Waals surface area contributed by atoms with Crippen molar-refractivity contribution in [3.05, 3.63) is 48.0 Å². The number of carbonyl (C=O) groups is 1. The molecular formula is C12H11N3O. The van der Waals surface area contributed by atoms with Crippen LogP contribution in [0.15, 0.2) is 47.6 Å². The number of hydrogen-bond acceptors (Lipinski definition) is 2. The van der Waals surface area contributed by atoms with Gasteiger partial charge in [0.25, 0.3) is 0 Å². The van der Waals surface area contributed by atoms with Crippen molar-refractivity contribution in [2.24, 2.45) is 10.8 Å². The van der Waals surface area contributed by atoms with Crippen molar-refractivity contribution in [3.8, 4) is 11.1 Å². The van der Waals surface area contributed by atoms with Crippen LogP contribution in [0.4, 0.5) is 4.79 Å². The first kappa shape index (κ1) is 10.2. The molecule has 0 saturated heterocycles. The predicted octanol–water partition coefficient (Wildman–Crippen LogP) is 1.79. The summed E-state index contributed by atoms with van der Waals surface area (Å²) in [6.07, 6.45) is 1.58. The zero-order valence-electron chi connectivity index (χ0n) is 8.55. The summed E-state index contributed by atoms with van der Waals surface area (Å²) >= 11 is 0. The van der Waals surface area contributed by atoms with Crippen LogP contribution in [0.25, 0.3) is 11.1 Å². The molecule has 0 heterocycles. The van der Waals surface area contributed by atoms with Crippen molar-refractivity contribution in [3.63, 3.8) is 0 Å². The van der Waals surface area contributed by atoms with Gasteiger partial charge in [0.2, 0.25) is 0 Å². The number of nitrogens with one attached hydrogen (secondary N) is 1. The predicted molar refractivity (Wildman–Crippen MR) is 63.4 cm³/mol. The van der Waals surface area contributed by atoms with Crippen LogP contribution in [-0.2, 0) is 0 Å². The summed E-state index contributed by atoms with van der Waals surface area (Å²) < 4.78 is 0. The Balaban J connectivity index is 2.28. The van der Waals surface area contributed by atoms with Gasteiger partial charge in [-0.3, -0.25) is 0 Å². The molecule has 2 amide bonds. The second-order valence-electron chi connectivity index (χ2n) is 3.30. The van der Waals surface area contributed by atoms with Gasteiger partial charge in [-0.05, 0) is 11.1 Å². The van der Waals surface area contributed by atoms with Crippen LogP contribution in [0.1, 0.15) is 5.56 Å². The Morgan fingerprint density at radius 1 is 1.19 bits per heavy atom. The number of amides is 2.